The van der Waals surface area contributed by atoms with E-state index in [-0.39, 0.29) is 27.6 Å². The highest BCUT2D eigenvalue weighted by molar-refractivity contribution is 7.89. The van der Waals surface area contributed by atoms with Gasteiger partial charge < -0.3 is 4.52 Å². The monoisotopic (exact) mass is 582 g/mol. The molecule has 2 aromatic heterocycles. The van der Waals surface area contributed by atoms with E-state index < -0.39 is 10.0 Å². The van der Waals surface area contributed by atoms with Crippen LogP contribution >= 0.6 is 22.9 Å². The van der Waals surface area contributed by atoms with Gasteiger partial charge in [-0.2, -0.15) is 9.29 Å². The van der Waals surface area contributed by atoms with Crippen molar-refractivity contribution >= 4 is 43.2 Å². The molecule has 3 aromatic carbocycles. The van der Waals surface area contributed by atoms with Gasteiger partial charge in [-0.1, -0.05) is 91.3 Å². The lowest BCUT2D eigenvalue weighted by Crippen LogP contribution is -2.26. The van der Waals surface area contributed by atoms with E-state index in [1.54, 1.807) is 16.7 Å². The van der Waals surface area contributed by atoms with Gasteiger partial charge >= 0.3 is 4.87 Å². The molecule has 0 fully saturated rings. The van der Waals surface area contributed by atoms with Gasteiger partial charge in [0.25, 0.3) is 0 Å². The van der Waals surface area contributed by atoms with Crippen LogP contribution in [0.4, 0.5) is 0 Å². The van der Waals surface area contributed by atoms with Crippen LogP contribution in [-0.2, 0) is 28.5 Å². The van der Waals surface area contributed by atoms with Crippen LogP contribution in [0, 0.1) is 0 Å². The van der Waals surface area contributed by atoms with Gasteiger partial charge in [0, 0.05) is 17.6 Å². The van der Waals surface area contributed by atoms with Crippen LogP contribution in [-0.4, -0.2) is 34.5 Å². The first-order valence-electron chi connectivity index (χ1n) is 12.2. The number of hydrogen-bond donors (Lipinski definition) is 0. The van der Waals surface area contributed by atoms with E-state index in [0.717, 1.165) is 26.8 Å². The normalized spacial score (nSPS) is 12.5. The predicted octanol–water partition coefficient (Wildman–Crippen LogP) is 5.93. The van der Waals surface area contributed by atoms with Crippen molar-refractivity contribution in [2.24, 2.45) is 0 Å². The number of benzene rings is 3. The van der Waals surface area contributed by atoms with Gasteiger partial charge in [0.15, 0.2) is 0 Å². The molecule has 5 aromatic rings. The number of thiazole rings is 1. The fraction of sp³-hybridized carbons (Fsp3) is 0.250. The van der Waals surface area contributed by atoms with E-state index in [2.05, 4.69) is 30.9 Å². The largest absolute Gasteiger partial charge is 0.338 e. The van der Waals surface area contributed by atoms with Crippen LogP contribution in [0.25, 0.3) is 21.6 Å². The summed E-state index contributed by atoms with van der Waals surface area (Å²) in [7, 11) is -2.44. The van der Waals surface area contributed by atoms with Crippen LogP contribution in [0.15, 0.2) is 80.9 Å². The van der Waals surface area contributed by atoms with E-state index in [1.807, 2.05) is 42.5 Å². The number of hydrogen-bond acceptors (Lipinski definition) is 7. The van der Waals surface area contributed by atoms with E-state index in [4.69, 9.17) is 16.1 Å². The SMILES string of the molecule is CN(Cc1nc(-c2ccc(C(C)(C)C)cc2)no1)S(=O)(=O)c1ccc2c(c1)sc(=O)n2Cc1ccccc1Cl. The van der Waals surface area contributed by atoms with E-state index >= 15 is 0 Å². The van der Waals surface area contributed by atoms with Gasteiger partial charge in [-0.3, -0.25) is 9.36 Å². The molecular formula is C28H27ClN4O4S2. The molecule has 0 aliphatic heterocycles. The minimum Gasteiger partial charge on any atom is -0.338 e. The fourth-order valence-corrected chi connectivity index (χ4v) is 6.51. The minimum absolute atomic E-state index is 0.0231. The van der Waals surface area contributed by atoms with Crippen LogP contribution in [0.3, 0.4) is 0 Å². The summed E-state index contributed by atoms with van der Waals surface area (Å²) >= 11 is 7.27. The second-order valence-electron chi connectivity index (χ2n) is 10.3. The molecule has 0 bridgehead atoms. The minimum atomic E-state index is -3.90. The molecule has 0 atom stereocenters. The summed E-state index contributed by atoms with van der Waals surface area (Å²) in [5.41, 5.74) is 3.44. The molecule has 202 valence electrons. The Kier molecular flexibility index (Phi) is 7.23. The summed E-state index contributed by atoms with van der Waals surface area (Å²) < 4.78 is 35.4. The number of nitrogens with zero attached hydrogens (tertiary/aromatic N) is 4. The average Bonchev–Trinajstić information content (AvgIpc) is 3.48. The van der Waals surface area contributed by atoms with Crippen molar-refractivity contribution in [2.45, 2.75) is 44.2 Å². The molecule has 0 spiro atoms. The first kappa shape index (κ1) is 27.3. The number of sulfonamides is 1. The Hall–Kier alpha value is -3.31. The summed E-state index contributed by atoms with van der Waals surface area (Å²) in [5, 5.41) is 4.59. The van der Waals surface area contributed by atoms with Gasteiger partial charge in [-0.05, 0) is 40.8 Å². The van der Waals surface area contributed by atoms with Crippen molar-refractivity contribution in [3.05, 3.63) is 98.4 Å². The fourth-order valence-electron chi connectivity index (χ4n) is 4.16. The quantitative estimate of drug-likeness (QED) is 0.236. The molecule has 0 radical (unpaired) electrons. The second-order valence-corrected chi connectivity index (χ2v) is 13.7. The summed E-state index contributed by atoms with van der Waals surface area (Å²) in [6, 6.07) is 19.9. The zero-order valence-corrected chi connectivity index (χ0v) is 24.3. The van der Waals surface area contributed by atoms with Crippen LogP contribution in [0.1, 0.15) is 37.8 Å². The summed E-state index contributed by atoms with van der Waals surface area (Å²) in [5.74, 6) is 0.565. The number of halogens is 1. The maximum atomic E-state index is 13.4. The maximum absolute atomic E-state index is 13.4. The van der Waals surface area contributed by atoms with Crippen molar-refractivity contribution in [2.75, 3.05) is 7.05 Å². The van der Waals surface area contributed by atoms with Crippen LogP contribution < -0.4 is 4.87 Å². The third kappa shape index (κ3) is 5.56. The molecule has 11 heteroatoms. The zero-order valence-electron chi connectivity index (χ0n) is 21.9. The molecule has 0 aliphatic rings. The third-order valence-corrected chi connectivity index (χ3v) is 9.58. The van der Waals surface area contributed by atoms with Gasteiger partial charge in [0.2, 0.25) is 21.7 Å². The van der Waals surface area contributed by atoms with E-state index in [1.165, 1.54) is 24.7 Å². The third-order valence-electron chi connectivity index (χ3n) is 6.47. The van der Waals surface area contributed by atoms with Crippen molar-refractivity contribution in [1.29, 1.82) is 0 Å². The predicted molar refractivity (Wildman–Crippen MR) is 154 cm³/mol. The number of rotatable bonds is 7. The van der Waals surface area contributed by atoms with Crippen LogP contribution in [0.5, 0.6) is 0 Å². The molecular weight excluding hydrogens is 556 g/mol. The zero-order chi connectivity index (χ0) is 27.9. The Morgan fingerprint density at radius 1 is 1.05 bits per heavy atom. The Bertz CT molecular complexity index is 1820. The lowest BCUT2D eigenvalue weighted by Gasteiger charge is -2.18. The van der Waals surface area contributed by atoms with Crippen molar-refractivity contribution in [3.8, 4) is 11.4 Å². The molecule has 2 heterocycles. The van der Waals surface area contributed by atoms with Gasteiger partial charge in [-0.25, -0.2) is 8.42 Å². The highest BCUT2D eigenvalue weighted by atomic mass is 35.5. The Morgan fingerprint density at radius 2 is 1.77 bits per heavy atom. The van der Waals surface area contributed by atoms with Gasteiger partial charge in [0.1, 0.15) is 0 Å². The first-order chi connectivity index (χ1) is 18.4. The Labute approximate surface area is 235 Å². The molecule has 39 heavy (non-hydrogen) atoms. The average molecular weight is 583 g/mol. The molecule has 0 aliphatic carbocycles. The molecule has 5 rings (SSSR count). The van der Waals surface area contributed by atoms with Crippen LogP contribution in [0.2, 0.25) is 5.02 Å². The smallest absolute Gasteiger partial charge is 0.308 e. The molecule has 0 saturated carbocycles. The van der Waals surface area contributed by atoms with Gasteiger partial charge in [0.05, 0.1) is 28.2 Å². The summed E-state index contributed by atoms with van der Waals surface area (Å²) in [6.45, 7) is 6.61. The number of fused-ring (bicyclic) bond motifs is 1. The lowest BCUT2D eigenvalue weighted by molar-refractivity contribution is 0.337. The Balaban J connectivity index is 1.35. The highest BCUT2D eigenvalue weighted by Gasteiger charge is 2.25. The standard InChI is InChI=1S/C28H27ClN4O4S2/c1-28(2,3)20-11-9-18(10-12-20)26-30-25(37-31-26)17-32(4)39(35,36)21-13-14-23-24(15-21)38-27(34)33(23)16-19-7-5-6-8-22(19)29/h5-15H,16-17H2,1-4H3. The van der Waals surface area contributed by atoms with Gasteiger partial charge in [-0.15, -0.1) is 0 Å². The van der Waals surface area contributed by atoms with E-state index in [9.17, 15) is 13.2 Å². The summed E-state index contributed by atoms with van der Waals surface area (Å²) in [4.78, 5) is 17.0. The van der Waals surface area contributed by atoms with E-state index in [0.29, 0.717) is 27.6 Å². The molecule has 0 saturated heterocycles. The lowest BCUT2D eigenvalue weighted by atomic mass is 9.87. The summed E-state index contributed by atoms with van der Waals surface area (Å²) in [6.07, 6.45) is 0. The molecule has 8 nitrogen and oxygen atoms in total. The maximum Gasteiger partial charge on any atom is 0.308 e. The van der Waals surface area contributed by atoms with Crippen molar-refractivity contribution < 1.29 is 12.9 Å². The molecule has 0 unspecified atom stereocenters. The van der Waals surface area contributed by atoms with Crippen molar-refractivity contribution in [1.82, 2.24) is 19.0 Å². The van der Waals surface area contributed by atoms with Crippen molar-refractivity contribution in [3.63, 3.8) is 0 Å². The number of aromatic nitrogens is 3. The first-order valence-corrected chi connectivity index (χ1v) is 14.8. The topological polar surface area (TPSA) is 98.3 Å². The second kappa shape index (κ2) is 10.3. The molecule has 0 amide bonds. The Morgan fingerprint density at radius 3 is 2.46 bits per heavy atom. The highest BCUT2D eigenvalue weighted by Crippen LogP contribution is 2.27. The molecule has 0 N–H and O–H groups in total.